The summed E-state index contributed by atoms with van der Waals surface area (Å²) >= 11 is 0. The highest BCUT2D eigenvalue weighted by Crippen LogP contribution is 2.21. The van der Waals surface area contributed by atoms with Gasteiger partial charge in [0.1, 0.15) is 5.82 Å². The van der Waals surface area contributed by atoms with Crippen LogP contribution in [0.3, 0.4) is 0 Å². The van der Waals surface area contributed by atoms with E-state index in [0.29, 0.717) is 11.8 Å². The van der Waals surface area contributed by atoms with Crippen LogP contribution in [0, 0.1) is 0 Å². The Morgan fingerprint density at radius 2 is 1.44 bits per heavy atom. The first-order valence-corrected chi connectivity index (χ1v) is 8.52. The van der Waals surface area contributed by atoms with E-state index in [0.717, 1.165) is 22.7 Å². The Labute approximate surface area is 158 Å². The van der Waals surface area contributed by atoms with Gasteiger partial charge in [-0.2, -0.15) is 4.98 Å². The summed E-state index contributed by atoms with van der Waals surface area (Å²) in [4.78, 5) is 21.8. The van der Waals surface area contributed by atoms with Crippen LogP contribution >= 0.6 is 0 Å². The molecule has 1 heterocycles. The summed E-state index contributed by atoms with van der Waals surface area (Å²) in [6, 6.07) is 17.2. The first-order valence-electron chi connectivity index (χ1n) is 8.52. The summed E-state index contributed by atoms with van der Waals surface area (Å²) in [7, 11) is 4.01. The summed E-state index contributed by atoms with van der Waals surface area (Å²) in [5.74, 6) is 1.08. The maximum absolute atomic E-state index is 11.1. The average molecular weight is 362 g/mol. The number of carbonyl (C=O) groups excluding carboxylic acids is 1. The summed E-state index contributed by atoms with van der Waals surface area (Å²) in [5.41, 5.74) is 3.65. The van der Waals surface area contributed by atoms with Gasteiger partial charge in [0.15, 0.2) is 0 Å². The minimum atomic E-state index is -0.101. The molecule has 0 aliphatic carbocycles. The van der Waals surface area contributed by atoms with Gasteiger partial charge in [-0.3, -0.25) is 4.79 Å². The summed E-state index contributed by atoms with van der Waals surface area (Å²) in [6.45, 7) is 1.48. The zero-order valence-electron chi connectivity index (χ0n) is 15.5. The van der Waals surface area contributed by atoms with Gasteiger partial charge in [0, 0.05) is 50.0 Å². The van der Waals surface area contributed by atoms with E-state index in [1.807, 2.05) is 73.6 Å². The molecule has 0 atom stereocenters. The number of benzene rings is 2. The summed E-state index contributed by atoms with van der Waals surface area (Å²) < 4.78 is 0. The van der Waals surface area contributed by atoms with Crippen LogP contribution in [0.1, 0.15) is 6.92 Å². The maximum atomic E-state index is 11.1. The zero-order valence-corrected chi connectivity index (χ0v) is 15.5. The molecule has 1 aromatic heterocycles. The van der Waals surface area contributed by atoms with Gasteiger partial charge in [0.25, 0.3) is 0 Å². The average Bonchev–Trinajstić information content (AvgIpc) is 2.64. The van der Waals surface area contributed by atoms with Gasteiger partial charge in [0.2, 0.25) is 11.9 Å². The van der Waals surface area contributed by atoms with E-state index in [2.05, 4.69) is 25.9 Å². The van der Waals surface area contributed by atoms with Crippen LogP contribution in [0.15, 0.2) is 60.8 Å². The van der Waals surface area contributed by atoms with E-state index in [4.69, 9.17) is 0 Å². The molecule has 0 saturated carbocycles. The molecule has 0 fully saturated rings. The van der Waals surface area contributed by atoms with Crippen molar-refractivity contribution in [1.29, 1.82) is 0 Å². The predicted octanol–water partition coefficient (Wildman–Crippen LogP) is 3.99. The lowest BCUT2D eigenvalue weighted by atomic mass is 10.2. The number of hydrogen-bond acceptors (Lipinski definition) is 6. The molecule has 1 amide bonds. The lowest BCUT2D eigenvalue weighted by Crippen LogP contribution is -2.08. The van der Waals surface area contributed by atoms with Gasteiger partial charge in [0.05, 0.1) is 0 Å². The monoisotopic (exact) mass is 362 g/mol. The molecule has 0 bridgehead atoms. The Hall–Kier alpha value is -3.61. The third-order valence-electron chi connectivity index (χ3n) is 3.77. The molecule has 0 aliphatic rings. The van der Waals surface area contributed by atoms with Crippen LogP contribution < -0.4 is 20.9 Å². The molecule has 27 heavy (non-hydrogen) atoms. The molecule has 138 valence electrons. The van der Waals surface area contributed by atoms with Crippen LogP contribution in [0.5, 0.6) is 0 Å². The molecule has 2 aromatic carbocycles. The minimum Gasteiger partial charge on any atom is -0.378 e. The van der Waals surface area contributed by atoms with E-state index < -0.39 is 0 Å². The number of aromatic nitrogens is 2. The third-order valence-corrected chi connectivity index (χ3v) is 3.77. The Morgan fingerprint density at radius 1 is 0.852 bits per heavy atom. The molecule has 7 nitrogen and oxygen atoms in total. The molecule has 7 heteroatoms. The van der Waals surface area contributed by atoms with Crippen molar-refractivity contribution in [2.24, 2.45) is 0 Å². The molecule has 0 unspecified atom stereocenters. The van der Waals surface area contributed by atoms with E-state index >= 15 is 0 Å². The van der Waals surface area contributed by atoms with Gasteiger partial charge in [-0.1, -0.05) is 0 Å². The number of anilines is 6. The second-order valence-electron chi connectivity index (χ2n) is 6.22. The molecular formula is C20H22N6O. The molecule has 0 spiro atoms. The van der Waals surface area contributed by atoms with Crippen LogP contribution in [0.25, 0.3) is 0 Å². The molecule has 3 N–H and O–H groups in total. The van der Waals surface area contributed by atoms with Crippen molar-refractivity contribution >= 4 is 40.4 Å². The van der Waals surface area contributed by atoms with Crippen molar-refractivity contribution < 1.29 is 4.79 Å². The standard InChI is InChI=1S/C20H22N6O/c1-14(27)22-15-4-6-17(7-5-15)24-20-21-13-12-19(25-20)23-16-8-10-18(11-9-16)26(2)3/h4-13H,1-3H3,(H,22,27)(H2,21,23,24,25). The van der Waals surface area contributed by atoms with Crippen molar-refractivity contribution in [2.75, 3.05) is 34.9 Å². The van der Waals surface area contributed by atoms with Crippen LogP contribution in [0.4, 0.5) is 34.5 Å². The summed E-state index contributed by atoms with van der Waals surface area (Å²) in [6.07, 6.45) is 1.69. The van der Waals surface area contributed by atoms with E-state index in [-0.39, 0.29) is 5.91 Å². The van der Waals surface area contributed by atoms with Crippen molar-refractivity contribution in [3.63, 3.8) is 0 Å². The van der Waals surface area contributed by atoms with Gasteiger partial charge in [-0.05, 0) is 54.6 Å². The Kier molecular flexibility index (Phi) is 5.51. The summed E-state index contributed by atoms with van der Waals surface area (Å²) in [5, 5.41) is 9.16. The topological polar surface area (TPSA) is 82.2 Å². The minimum absolute atomic E-state index is 0.101. The molecule has 0 aliphatic heterocycles. The van der Waals surface area contributed by atoms with Crippen molar-refractivity contribution in [3.8, 4) is 0 Å². The van der Waals surface area contributed by atoms with E-state index in [1.54, 1.807) is 6.20 Å². The van der Waals surface area contributed by atoms with Gasteiger partial charge >= 0.3 is 0 Å². The fourth-order valence-corrected chi connectivity index (χ4v) is 2.45. The Bertz CT molecular complexity index is 907. The highest BCUT2D eigenvalue weighted by molar-refractivity contribution is 5.88. The fraction of sp³-hybridized carbons (Fsp3) is 0.150. The maximum Gasteiger partial charge on any atom is 0.229 e. The van der Waals surface area contributed by atoms with Crippen LogP contribution in [-0.2, 0) is 4.79 Å². The molecule has 3 rings (SSSR count). The van der Waals surface area contributed by atoms with Crippen LogP contribution in [-0.4, -0.2) is 30.0 Å². The SMILES string of the molecule is CC(=O)Nc1ccc(Nc2nccc(Nc3ccc(N(C)C)cc3)n2)cc1. The molecule has 3 aromatic rings. The number of rotatable bonds is 6. The van der Waals surface area contributed by atoms with Gasteiger partial charge in [-0.25, -0.2) is 4.98 Å². The third kappa shape index (κ3) is 5.18. The predicted molar refractivity (Wildman–Crippen MR) is 110 cm³/mol. The largest absolute Gasteiger partial charge is 0.378 e. The van der Waals surface area contributed by atoms with Gasteiger partial charge < -0.3 is 20.9 Å². The van der Waals surface area contributed by atoms with Crippen LogP contribution in [0.2, 0.25) is 0 Å². The molecule has 0 radical (unpaired) electrons. The zero-order chi connectivity index (χ0) is 19.2. The quantitative estimate of drug-likeness (QED) is 0.615. The molecular weight excluding hydrogens is 340 g/mol. The van der Waals surface area contributed by atoms with Crippen molar-refractivity contribution in [2.45, 2.75) is 6.92 Å². The van der Waals surface area contributed by atoms with Crippen molar-refractivity contribution in [1.82, 2.24) is 9.97 Å². The number of hydrogen-bond donors (Lipinski definition) is 3. The second kappa shape index (κ2) is 8.18. The first-order chi connectivity index (χ1) is 13.0. The Morgan fingerprint density at radius 3 is 2.07 bits per heavy atom. The van der Waals surface area contributed by atoms with Gasteiger partial charge in [-0.15, -0.1) is 0 Å². The number of amides is 1. The number of nitrogens with one attached hydrogen (secondary N) is 3. The fourth-order valence-electron chi connectivity index (χ4n) is 2.45. The first kappa shape index (κ1) is 18.2. The second-order valence-corrected chi connectivity index (χ2v) is 6.22. The van der Waals surface area contributed by atoms with E-state index in [1.165, 1.54) is 6.92 Å². The molecule has 0 saturated heterocycles. The smallest absolute Gasteiger partial charge is 0.229 e. The highest BCUT2D eigenvalue weighted by Gasteiger charge is 2.03. The normalized spacial score (nSPS) is 10.2. The lowest BCUT2D eigenvalue weighted by Gasteiger charge is -2.13. The number of nitrogens with zero attached hydrogens (tertiary/aromatic N) is 3. The number of carbonyl (C=O) groups is 1. The highest BCUT2D eigenvalue weighted by atomic mass is 16.1. The van der Waals surface area contributed by atoms with E-state index in [9.17, 15) is 4.79 Å². The van der Waals surface area contributed by atoms with Crippen molar-refractivity contribution in [3.05, 3.63) is 60.8 Å². The lowest BCUT2D eigenvalue weighted by molar-refractivity contribution is -0.114. The Balaban J connectivity index is 1.67.